The Hall–Kier alpha value is -2.79. The zero-order valence-electron chi connectivity index (χ0n) is 11.7. The van der Waals surface area contributed by atoms with Gasteiger partial charge < -0.3 is 26.6 Å². The van der Waals surface area contributed by atoms with Crippen molar-refractivity contribution in [2.45, 2.75) is 0 Å². The van der Waals surface area contributed by atoms with Crippen molar-refractivity contribution in [1.29, 1.82) is 32.5 Å². The summed E-state index contributed by atoms with van der Waals surface area (Å²) in [5, 5.41) is 42.0. The Morgan fingerprint density at radius 2 is 0.826 bits per heavy atom. The van der Waals surface area contributed by atoms with Gasteiger partial charge in [0.05, 0.1) is 4.82 Å². The smallest absolute Gasteiger partial charge is 0.478 e. The van der Waals surface area contributed by atoms with Gasteiger partial charge in [0.25, 0.3) is 0 Å². The molecule has 0 atom stereocenters. The van der Waals surface area contributed by atoms with Crippen LogP contribution in [0.4, 0.5) is 0 Å². The van der Waals surface area contributed by atoms with Crippen molar-refractivity contribution >= 4 is 66.3 Å². The summed E-state index contributed by atoms with van der Waals surface area (Å²) in [5.74, 6) is 0. The molecule has 126 valence electrons. The molecule has 12 nitrogen and oxygen atoms in total. The van der Waals surface area contributed by atoms with Crippen LogP contribution < -0.4 is 0 Å². The fraction of sp³-hybridized carbons (Fsp3) is 0. The third kappa shape index (κ3) is 7.69. The second kappa shape index (κ2) is 12.9. The third-order valence-corrected chi connectivity index (χ3v) is 8.92. The SMILES string of the molecule is N=CO[SiH](C=C([SiH](OC=N)OC=N)[SiH](OC=N)OC=N)OC=N. The van der Waals surface area contributed by atoms with Crippen molar-refractivity contribution in [3.63, 3.8) is 0 Å². The van der Waals surface area contributed by atoms with Gasteiger partial charge in [0.15, 0.2) is 38.4 Å². The predicted octanol–water partition coefficient (Wildman–Crippen LogP) is -1.07. The van der Waals surface area contributed by atoms with E-state index in [0.29, 0.717) is 38.4 Å². The van der Waals surface area contributed by atoms with E-state index in [1.807, 2.05) is 0 Å². The lowest BCUT2D eigenvalue weighted by atomic mass is 11.2. The molecule has 15 heteroatoms. The summed E-state index contributed by atoms with van der Waals surface area (Å²) in [5.41, 5.74) is 1.38. The van der Waals surface area contributed by atoms with E-state index in [0.717, 1.165) is 0 Å². The molecule has 23 heavy (non-hydrogen) atoms. The van der Waals surface area contributed by atoms with E-state index in [4.69, 9.17) is 59.0 Å². The standard InChI is InChI=1S/C8H16N6O6Si3/c9-2-15-21(16-3-10)1-8(22(17-4-11)18-5-12)23(19-6-13)20-7-14/h1-7,9-14,21-23H. The minimum absolute atomic E-state index is 0.254. The fourth-order valence-electron chi connectivity index (χ4n) is 1.30. The first-order chi connectivity index (χ1) is 11.2. The summed E-state index contributed by atoms with van der Waals surface area (Å²) >= 11 is 0. The molecular weight excluding hydrogens is 360 g/mol. The molecule has 0 amide bonds. The molecule has 0 aliphatic rings. The first-order valence-electron chi connectivity index (χ1n) is 5.76. The van der Waals surface area contributed by atoms with Crippen molar-refractivity contribution in [3.05, 3.63) is 10.5 Å². The van der Waals surface area contributed by atoms with Crippen LogP contribution in [0.2, 0.25) is 0 Å². The minimum atomic E-state index is -2.87. The van der Waals surface area contributed by atoms with Gasteiger partial charge >= 0.3 is 27.9 Å². The largest absolute Gasteiger partial charge is 0.503 e. The second-order valence-electron chi connectivity index (χ2n) is 3.22. The van der Waals surface area contributed by atoms with Gasteiger partial charge in [0, 0.05) is 0 Å². The normalized spacial score (nSPS) is 12.9. The summed E-state index contributed by atoms with van der Waals surface area (Å²) in [7, 11) is -8.45. The molecule has 6 N–H and O–H groups in total. The Bertz CT molecular complexity index is 410. The maximum absolute atomic E-state index is 7.02. The number of hydrogen-bond donors (Lipinski definition) is 6. The highest BCUT2D eigenvalue weighted by atomic mass is 28.4. The molecule has 0 aromatic heterocycles. The van der Waals surface area contributed by atoms with Gasteiger partial charge in [-0.05, 0) is 5.70 Å². The first kappa shape index (κ1) is 20.2. The summed E-state index contributed by atoms with van der Waals surface area (Å²) in [6.07, 6.45) is 3.79. The molecule has 0 aromatic rings. The van der Waals surface area contributed by atoms with Crippen molar-refractivity contribution in [3.8, 4) is 0 Å². The monoisotopic (exact) mass is 376 g/mol. The van der Waals surface area contributed by atoms with Crippen molar-refractivity contribution in [2.24, 2.45) is 0 Å². The Morgan fingerprint density at radius 3 is 1.09 bits per heavy atom. The first-order valence-corrected chi connectivity index (χ1v) is 10.4. The lowest BCUT2D eigenvalue weighted by molar-refractivity contribution is 0.417. The quantitative estimate of drug-likeness (QED) is 0.119. The van der Waals surface area contributed by atoms with E-state index in [9.17, 15) is 0 Å². The molecule has 0 spiro atoms. The van der Waals surface area contributed by atoms with E-state index in [-0.39, 0.29) is 4.82 Å². The highest BCUT2D eigenvalue weighted by molar-refractivity contribution is 6.81. The molecule has 0 fully saturated rings. The summed E-state index contributed by atoms with van der Waals surface area (Å²) in [6.45, 7) is 0. The number of rotatable bonds is 15. The van der Waals surface area contributed by atoms with E-state index < -0.39 is 27.9 Å². The van der Waals surface area contributed by atoms with Gasteiger partial charge in [-0.1, -0.05) is 0 Å². The summed E-state index contributed by atoms with van der Waals surface area (Å²) in [4.78, 5) is 0.254. The molecule has 0 radical (unpaired) electrons. The van der Waals surface area contributed by atoms with Gasteiger partial charge in [-0.25, -0.2) is 0 Å². The third-order valence-electron chi connectivity index (χ3n) is 2.04. The maximum Gasteiger partial charge on any atom is 0.478 e. The lowest BCUT2D eigenvalue weighted by Crippen LogP contribution is -2.39. The predicted molar refractivity (Wildman–Crippen MR) is 88.7 cm³/mol. The molecule has 0 unspecified atom stereocenters. The van der Waals surface area contributed by atoms with Crippen LogP contribution in [0.3, 0.4) is 0 Å². The Morgan fingerprint density at radius 1 is 0.522 bits per heavy atom. The Kier molecular flexibility index (Phi) is 11.3. The van der Waals surface area contributed by atoms with Gasteiger partial charge in [0.1, 0.15) is 0 Å². The topological polar surface area (TPSA) is 198 Å². The average molecular weight is 377 g/mol. The molecule has 0 rings (SSSR count). The van der Waals surface area contributed by atoms with Crippen LogP contribution in [0.5, 0.6) is 0 Å². The minimum Gasteiger partial charge on any atom is -0.503 e. The molecule has 0 heterocycles. The zero-order valence-corrected chi connectivity index (χ0v) is 15.2. The maximum atomic E-state index is 7.02. The molecule has 0 aliphatic heterocycles. The highest BCUT2D eigenvalue weighted by Gasteiger charge is 2.36. The Balaban J connectivity index is 5.75. The van der Waals surface area contributed by atoms with E-state index in [1.54, 1.807) is 0 Å². The van der Waals surface area contributed by atoms with E-state index in [1.165, 1.54) is 5.70 Å². The number of hydrogen-bond acceptors (Lipinski definition) is 12. The van der Waals surface area contributed by atoms with E-state index in [2.05, 4.69) is 0 Å². The molecule has 0 aromatic carbocycles. The van der Waals surface area contributed by atoms with Crippen LogP contribution in [0.15, 0.2) is 10.5 Å². The van der Waals surface area contributed by atoms with Gasteiger partial charge in [0.2, 0.25) is 0 Å². The molecular formula is C8H16N6O6Si3. The van der Waals surface area contributed by atoms with E-state index >= 15 is 0 Å². The van der Waals surface area contributed by atoms with Crippen LogP contribution in [0.25, 0.3) is 0 Å². The van der Waals surface area contributed by atoms with Gasteiger partial charge in [-0.2, -0.15) is 0 Å². The second-order valence-corrected chi connectivity index (χ2v) is 9.25. The van der Waals surface area contributed by atoms with Gasteiger partial charge in [-0.3, -0.25) is 32.5 Å². The van der Waals surface area contributed by atoms with Crippen LogP contribution in [-0.2, 0) is 26.6 Å². The highest BCUT2D eigenvalue weighted by Crippen LogP contribution is 2.11. The van der Waals surface area contributed by atoms with Crippen molar-refractivity contribution in [1.82, 2.24) is 0 Å². The molecule has 0 saturated heterocycles. The van der Waals surface area contributed by atoms with Crippen LogP contribution in [0.1, 0.15) is 0 Å². The van der Waals surface area contributed by atoms with Gasteiger partial charge in [-0.15, -0.1) is 0 Å². The van der Waals surface area contributed by atoms with Crippen LogP contribution in [0, 0.1) is 32.5 Å². The number of nitrogens with one attached hydrogen (secondary N) is 6. The Labute approximate surface area is 136 Å². The van der Waals surface area contributed by atoms with Crippen LogP contribution >= 0.6 is 0 Å². The molecule has 0 saturated carbocycles. The lowest BCUT2D eigenvalue weighted by Gasteiger charge is -2.21. The average Bonchev–Trinajstić information content (AvgIpc) is 2.53. The summed E-state index contributed by atoms with van der Waals surface area (Å²) in [6, 6.07) is 0. The summed E-state index contributed by atoms with van der Waals surface area (Å²) < 4.78 is 30.0. The molecule has 0 aliphatic carbocycles. The zero-order chi connectivity index (χ0) is 17.5. The van der Waals surface area contributed by atoms with Crippen molar-refractivity contribution < 1.29 is 26.6 Å². The molecule has 0 bridgehead atoms. The fourth-order valence-corrected chi connectivity index (χ4v) is 7.38. The van der Waals surface area contributed by atoms with Crippen LogP contribution in [-0.4, -0.2) is 66.3 Å². The van der Waals surface area contributed by atoms with Crippen molar-refractivity contribution in [2.75, 3.05) is 0 Å².